The molecule has 2 N–H and O–H groups in total. The molecule has 0 aromatic heterocycles. The first-order valence-electron chi connectivity index (χ1n) is 5.56. The lowest BCUT2D eigenvalue weighted by Crippen LogP contribution is -2.53. The Hall–Kier alpha value is -1.10. The predicted molar refractivity (Wildman–Crippen MR) is 60.1 cm³/mol. The van der Waals surface area contributed by atoms with Crippen LogP contribution in [0.1, 0.15) is 25.7 Å². The lowest BCUT2D eigenvalue weighted by molar-refractivity contribution is -0.148. The van der Waals surface area contributed by atoms with Crippen LogP contribution in [0.2, 0.25) is 0 Å². The molecule has 0 radical (unpaired) electrons. The van der Waals surface area contributed by atoms with Crippen molar-refractivity contribution >= 4 is 11.9 Å². The van der Waals surface area contributed by atoms with E-state index in [0.717, 1.165) is 0 Å². The number of nitrogens with one attached hydrogen (secondary N) is 1. The number of likely N-dealkylation sites (N-methyl/N-ethyl adjacent to an activating group) is 1. The number of hydrogen-bond acceptors (Lipinski definition) is 3. The quantitative estimate of drug-likeness (QED) is 0.729. The molecule has 0 bridgehead atoms. The van der Waals surface area contributed by atoms with Gasteiger partial charge in [0.2, 0.25) is 5.91 Å². The second-order valence-electron chi connectivity index (χ2n) is 4.64. The van der Waals surface area contributed by atoms with Crippen LogP contribution < -0.4 is 5.32 Å². The monoisotopic (exact) mass is 228 g/mol. The largest absolute Gasteiger partial charge is 0.480 e. The van der Waals surface area contributed by atoms with Crippen LogP contribution in [0.4, 0.5) is 0 Å². The third kappa shape index (κ3) is 2.35. The fourth-order valence-corrected chi connectivity index (χ4v) is 2.29. The van der Waals surface area contributed by atoms with E-state index in [0.29, 0.717) is 25.7 Å². The molecule has 16 heavy (non-hydrogen) atoms. The number of amides is 1. The topological polar surface area (TPSA) is 69.6 Å². The predicted octanol–water partition coefficient (Wildman–Crippen LogP) is 0.308. The summed E-state index contributed by atoms with van der Waals surface area (Å²) < 4.78 is 0. The molecule has 0 heterocycles. The Morgan fingerprint density at radius 1 is 1.31 bits per heavy atom. The first kappa shape index (κ1) is 13.0. The van der Waals surface area contributed by atoms with Crippen molar-refractivity contribution in [1.82, 2.24) is 10.2 Å². The highest BCUT2D eigenvalue weighted by Crippen LogP contribution is 2.32. The van der Waals surface area contributed by atoms with Crippen LogP contribution in [0.25, 0.3) is 0 Å². The second kappa shape index (κ2) is 4.82. The number of rotatable bonds is 3. The van der Waals surface area contributed by atoms with Crippen molar-refractivity contribution in [3.05, 3.63) is 0 Å². The summed E-state index contributed by atoms with van der Waals surface area (Å²) in [6.45, 7) is 0. The Kier molecular flexibility index (Phi) is 3.91. The Balaban J connectivity index is 2.63. The second-order valence-corrected chi connectivity index (χ2v) is 4.64. The van der Waals surface area contributed by atoms with Crippen LogP contribution in [-0.2, 0) is 9.59 Å². The molecule has 0 aliphatic heterocycles. The summed E-state index contributed by atoms with van der Waals surface area (Å²) in [5.74, 6) is -0.725. The molecular formula is C11H20N2O3. The fraction of sp³-hybridized carbons (Fsp3) is 0.818. The average molecular weight is 228 g/mol. The van der Waals surface area contributed by atoms with Gasteiger partial charge in [-0.25, -0.2) is 0 Å². The molecule has 1 saturated carbocycles. The van der Waals surface area contributed by atoms with Crippen molar-refractivity contribution in [1.29, 1.82) is 0 Å². The molecule has 0 aromatic rings. The Bertz CT molecular complexity index is 281. The van der Waals surface area contributed by atoms with Crippen LogP contribution >= 0.6 is 0 Å². The van der Waals surface area contributed by atoms with Gasteiger partial charge in [-0.15, -0.1) is 0 Å². The first-order chi connectivity index (χ1) is 7.43. The number of hydrogen-bond donors (Lipinski definition) is 2. The maximum Gasteiger partial charge on any atom is 0.323 e. The highest BCUT2D eigenvalue weighted by atomic mass is 16.4. The fourth-order valence-electron chi connectivity index (χ4n) is 2.29. The zero-order valence-electron chi connectivity index (χ0n) is 10.1. The van der Waals surface area contributed by atoms with Gasteiger partial charge in [0, 0.05) is 20.0 Å². The van der Waals surface area contributed by atoms with Gasteiger partial charge in [0.15, 0.2) is 0 Å². The minimum atomic E-state index is -0.830. The molecule has 0 spiro atoms. The minimum absolute atomic E-state index is 0.0178. The molecule has 0 saturated heterocycles. The van der Waals surface area contributed by atoms with Crippen LogP contribution in [0.3, 0.4) is 0 Å². The summed E-state index contributed by atoms with van der Waals surface area (Å²) >= 11 is 0. The van der Waals surface area contributed by atoms with Crippen molar-refractivity contribution < 1.29 is 14.7 Å². The zero-order valence-corrected chi connectivity index (χ0v) is 10.1. The van der Waals surface area contributed by atoms with E-state index < -0.39 is 11.5 Å². The molecule has 1 aliphatic rings. The van der Waals surface area contributed by atoms with E-state index in [9.17, 15) is 9.59 Å². The molecule has 1 rings (SSSR count). The summed E-state index contributed by atoms with van der Waals surface area (Å²) in [5, 5.41) is 12.0. The number of nitrogens with zero attached hydrogens (tertiary/aromatic N) is 1. The van der Waals surface area contributed by atoms with Crippen molar-refractivity contribution in [3.63, 3.8) is 0 Å². The van der Waals surface area contributed by atoms with Gasteiger partial charge in [-0.05, 0) is 32.7 Å². The molecule has 1 amide bonds. The van der Waals surface area contributed by atoms with Gasteiger partial charge < -0.3 is 15.3 Å². The van der Waals surface area contributed by atoms with Crippen LogP contribution in [0, 0.1) is 5.92 Å². The van der Waals surface area contributed by atoms with Gasteiger partial charge in [0.25, 0.3) is 0 Å². The smallest absolute Gasteiger partial charge is 0.323 e. The van der Waals surface area contributed by atoms with Crippen molar-refractivity contribution in [2.75, 3.05) is 21.1 Å². The van der Waals surface area contributed by atoms with E-state index in [2.05, 4.69) is 5.32 Å². The molecular weight excluding hydrogens is 208 g/mol. The maximum absolute atomic E-state index is 11.7. The highest BCUT2D eigenvalue weighted by Gasteiger charge is 2.42. The normalized spacial score (nSPS) is 29.8. The molecule has 0 aromatic carbocycles. The van der Waals surface area contributed by atoms with Gasteiger partial charge >= 0.3 is 5.97 Å². The molecule has 0 atom stereocenters. The van der Waals surface area contributed by atoms with Crippen molar-refractivity contribution in [3.8, 4) is 0 Å². The minimum Gasteiger partial charge on any atom is -0.480 e. The summed E-state index contributed by atoms with van der Waals surface area (Å²) in [6.07, 6.45) is 2.32. The molecule has 92 valence electrons. The third-order valence-corrected chi connectivity index (χ3v) is 3.52. The molecule has 5 heteroatoms. The standard InChI is InChI=1S/C11H20N2O3/c1-12-11(10(15)16)6-4-8(5-7-11)9(14)13(2)3/h8,12H,4-7H2,1-3H3,(H,15,16). The average Bonchev–Trinajstić information content (AvgIpc) is 2.27. The van der Waals surface area contributed by atoms with Gasteiger partial charge in [-0.2, -0.15) is 0 Å². The highest BCUT2D eigenvalue weighted by molar-refractivity contribution is 5.81. The van der Waals surface area contributed by atoms with E-state index in [1.165, 1.54) is 0 Å². The Morgan fingerprint density at radius 2 is 1.81 bits per heavy atom. The van der Waals surface area contributed by atoms with Gasteiger partial charge in [0.1, 0.15) is 5.54 Å². The van der Waals surface area contributed by atoms with E-state index in [-0.39, 0.29) is 11.8 Å². The number of aliphatic carboxylic acids is 1. The van der Waals surface area contributed by atoms with E-state index >= 15 is 0 Å². The SMILES string of the molecule is CNC1(C(=O)O)CCC(C(=O)N(C)C)CC1. The van der Waals surface area contributed by atoms with Crippen molar-refractivity contribution in [2.45, 2.75) is 31.2 Å². The molecule has 5 nitrogen and oxygen atoms in total. The Labute approximate surface area is 95.8 Å². The van der Waals surface area contributed by atoms with Gasteiger partial charge in [-0.1, -0.05) is 0 Å². The number of carboxylic acid groups (broad SMARTS) is 1. The van der Waals surface area contributed by atoms with Gasteiger partial charge in [-0.3, -0.25) is 9.59 Å². The van der Waals surface area contributed by atoms with Crippen LogP contribution in [0.15, 0.2) is 0 Å². The lowest BCUT2D eigenvalue weighted by atomic mass is 9.76. The zero-order chi connectivity index (χ0) is 12.3. The third-order valence-electron chi connectivity index (χ3n) is 3.52. The van der Waals surface area contributed by atoms with E-state index in [1.54, 1.807) is 26.0 Å². The summed E-state index contributed by atoms with van der Waals surface area (Å²) in [5.41, 5.74) is -0.830. The van der Waals surface area contributed by atoms with Crippen LogP contribution in [0.5, 0.6) is 0 Å². The van der Waals surface area contributed by atoms with E-state index in [1.807, 2.05) is 0 Å². The maximum atomic E-state index is 11.7. The lowest BCUT2D eigenvalue weighted by Gasteiger charge is -2.36. The first-order valence-corrected chi connectivity index (χ1v) is 5.56. The number of carbonyl (C=O) groups excluding carboxylic acids is 1. The van der Waals surface area contributed by atoms with E-state index in [4.69, 9.17) is 5.11 Å². The number of carbonyl (C=O) groups is 2. The molecule has 1 aliphatic carbocycles. The summed E-state index contributed by atoms with van der Waals surface area (Å²) in [4.78, 5) is 24.5. The summed E-state index contributed by atoms with van der Waals surface area (Å²) in [7, 11) is 5.14. The molecule has 1 fully saturated rings. The number of carboxylic acids is 1. The molecule has 0 unspecified atom stereocenters. The van der Waals surface area contributed by atoms with Gasteiger partial charge in [0.05, 0.1) is 0 Å². The van der Waals surface area contributed by atoms with Crippen LogP contribution in [-0.4, -0.2) is 48.6 Å². The van der Waals surface area contributed by atoms with Crippen molar-refractivity contribution in [2.24, 2.45) is 5.92 Å². The summed E-state index contributed by atoms with van der Waals surface area (Å²) in [6, 6.07) is 0. The Morgan fingerprint density at radius 3 is 2.12 bits per heavy atom.